The maximum Gasteiger partial charge on any atom is 0.0524 e. The molecule has 0 saturated carbocycles. The molecule has 0 aromatic carbocycles. The van der Waals surface area contributed by atoms with Gasteiger partial charge in [-0.05, 0) is 31.8 Å². The van der Waals surface area contributed by atoms with Crippen molar-refractivity contribution in [2.75, 3.05) is 26.8 Å². The van der Waals surface area contributed by atoms with Gasteiger partial charge in [0.2, 0.25) is 0 Å². The van der Waals surface area contributed by atoms with Crippen molar-refractivity contribution in [3.63, 3.8) is 0 Å². The smallest absolute Gasteiger partial charge is 0.0524 e. The van der Waals surface area contributed by atoms with Crippen LogP contribution >= 0.6 is 0 Å². The van der Waals surface area contributed by atoms with Crippen LogP contribution in [0.5, 0.6) is 0 Å². The normalized spacial score (nSPS) is 19.5. The van der Waals surface area contributed by atoms with Crippen molar-refractivity contribution in [1.82, 2.24) is 5.32 Å². The Labute approximate surface area is 109 Å². The first kappa shape index (κ1) is 19.0. The predicted molar refractivity (Wildman–Crippen MR) is 78.5 cm³/mol. The molecule has 1 fully saturated rings. The lowest BCUT2D eigenvalue weighted by molar-refractivity contribution is 0.170. The quantitative estimate of drug-likeness (QED) is 0.740. The van der Waals surface area contributed by atoms with Gasteiger partial charge in [0.25, 0.3) is 0 Å². The highest BCUT2D eigenvalue weighted by atomic mass is 16.5. The molecule has 0 spiro atoms. The summed E-state index contributed by atoms with van der Waals surface area (Å²) in [5, 5.41) is 3.38. The number of ether oxygens (including phenoxy) is 1. The molecule has 104 valence electrons. The van der Waals surface area contributed by atoms with Crippen LogP contribution in [0.2, 0.25) is 0 Å². The van der Waals surface area contributed by atoms with Crippen LogP contribution in [-0.2, 0) is 4.74 Å². The maximum absolute atomic E-state index is 5.11. The summed E-state index contributed by atoms with van der Waals surface area (Å²) in [4.78, 5) is 0. The highest BCUT2D eigenvalue weighted by Crippen LogP contribution is 2.22. The lowest BCUT2D eigenvalue weighted by Gasteiger charge is -2.16. The van der Waals surface area contributed by atoms with E-state index in [-0.39, 0.29) is 0 Å². The monoisotopic (exact) mass is 243 g/mol. The molecule has 2 heteroatoms. The summed E-state index contributed by atoms with van der Waals surface area (Å²) in [6.07, 6.45) is 2.47. The molecule has 1 aliphatic heterocycles. The largest absolute Gasteiger partial charge is 0.384 e. The fraction of sp³-hybridized carbons (Fsp3) is 0.867. The van der Waals surface area contributed by atoms with Crippen molar-refractivity contribution < 1.29 is 4.74 Å². The Balaban J connectivity index is 0. The number of methoxy groups -OCH3 is 1. The van der Waals surface area contributed by atoms with Crippen LogP contribution in [0.25, 0.3) is 0 Å². The van der Waals surface area contributed by atoms with Gasteiger partial charge in [-0.15, -0.1) is 0 Å². The fourth-order valence-electron chi connectivity index (χ4n) is 1.83. The first-order valence-electron chi connectivity index (χ1n) is 7.11. The topological polar surface area (TPSA) is 21.3 Å². The molecule has 0 amide bonds. The molecule has 0 bridgehead atoms. The van der Waals surface area contributed by atoms with Gasteiger partial charge >= 0.3 is 0 Å². The average Bonchev–Trinajstić information content (AvgIpc) is 2.87. The lowest BCUT2D eigenvalue weighted by atomic mass is 9.92. The molecule has 1 heterocycles. The molecular weight excluding hydrogens is 210 g/mol. The molecule has 1 N–H and O–H groups in total. The Kier molecular flexibility index (Phi) is 15.3. The Hall–Kier alpha value is -0.340. The van der Waals surface area contributed by atoms with E-state index in [1.54, 1.807) is 7.11 Å². The molecule has 2 nitrogen and oxygen atoms in total. The predicted octanol–water partition coefficient (Wildman–Crippen LogP) is 3.88. The van der Waals surface area contributed by atoms with E-state index in [1.807, 2.05) is 27.7 Å². The fourth-order valence-corrected chi connectivity index (χ4v) is 1.83. The Morgan fingerprint density at radius 2 is 1.94 bits per heavy atom. The summed E-state index contributed by atoms with van der Waals surface area (Å²) < 4.78 is 5.11. The van der Waals surface area contributed by atoms with Gasteiger partial charge < -0.3 is 10.1 Å². The highest BCUT2D eigenvalue weighted by Gasteiger charge is 2.17. The van der Waals surface area contributed by atoms with Gasteiger partial charge in [-0.2, -0.15) is 0 Å². The van der Waals surface area contributed by atoms with Gasteiger partial charge in [0.05, 0.1) is 6.61 Å². The van der Waals surface area contributed by atoms with E-state index >= 15 is 0 Å². The molecule has 2 unspecified atom stereocenters. The molecular formula is C15H33NO. The summed E-state index contributed by atoms with van der Waals surface area (Å²) in [6, 6.07) is 0. The molecule has 1 aliphatic rings. The van der Waals surface area contributed by atoms with E-state index < -0.39 is 0 Å². The van der Waals surface area contributed by atoms with Crippen molar-refractivity contribution in [2.45, 2.75) is 47.5 Å². The van der Waals surface area contributed by atoms with Crippen LogP contribution in [0, 0.1) is 11.8 Å². The third-order valence-corrected chi connectivity index (χ3v) is 2.83. The van der Waals surface area contributed by atoms with Gasteiger partial charge in [0.15, 0.2) is 0 Å². The first-order valence-corrected chi connectivity index (χ1v) is 7.11. The lowest BCUT2D eigenvalue weighted by Crippen LogP contribution is -2.13. The van der Waals surface area contributed by atoms with Crippen molar-refractivity contribution in [2.24, 2.45) is 11.8 Å². The zero-order valence-corrected chi connectivity index (χ0v) is 12.8. The molecule has 0 aromatic rings. The van der Waals surface area contributed by atoms with Crippen LogP contribution < -0.4 is 5.32 Å². The van der Waals surface area contributed by atoms with E-state index in [2.05, 4.69) is 18.8 Å². The van der Waals surface area contributed by atoms with Gasteiger partial charge in [-0.3, -0.25) is 0 Å². The third kappa shape index (κ3) is 9.37. The van der Waals surface area contributed by atoms with Gasteiger partial charge in [-0.1, -0.05) is 46.8 Å². The van der Waals surface area contributed by atoms with Crippen LogP contribution in [0.1, 0.15) is 47.5 Å². The second kappa shape index (κ2) is 13.7. The van der Waals surface area contributed by atoms with Crippen LogP contribution in [0.15, 0.2) is 12.2 Å². The first-order chi connectivity index (χ1) is 8.24. The molecule has 0 radical (unpaired) electrons. The summed E-state index contributed by atoms with van der Waals surface area (Å²) in [5.74, 6) is 1.32. The summed E-state index contributed by atoms with van der Waals surface area (Å²) >= 11 is 0. The minimum absolute atomic E-state index is 0.505. The Morgan fingerprint density at radius 3 is 2.35 bits per heavy atom. The van der Waals surface area contributed by atoms with E-state index in [0.717, 1.165) is 18.9 Å². The standard InChI is InChI=1S/C11H21NO.2C2H6/c1-9(10(2)8-13-3)6-11-4-5-12-7-11;2*1-2/h10-12H,1,4-8H2,2-3H3;2*1-2H3. The molecule has 1 rings (SSSR count). The van der Waals surface area contributed by atoms with E-state index in [9.17, 15) is 0 Å². The molecule has 0 aliphatic carbocycles. The summed E-state index contributed by atoms with van der Waals surface area (Å²) in [5.41, 5.74) is 1.34. The number of nitrogens with one attached hydrogen (secondary N) is 1. The second-order valence-corrected chi connectivity index (χ2v) is 4.08. The minimum atomic E-state index is 0.505. The number of rotatable bonds is 5. The van der Waals surface area contributed by atoms with Gasteiger partial charge in [0, 0.05) is 13.0 Å². The van der Waals surface area contributed by atoms with E-state index in [4.69, 9.17) is 4.74 Å². The molecule has 2 atom stereocenters. The molecule has 1 saturated heterocycles. The van der Waals surface area contributed by atoms with Crippen molar-refractivity contribution >= 4 is 0 Å². The third-order valence-electron chi connectivity index (χ3n) is 2.83. The van der Waals surface area contributed by atoms with Crippen molar-refractivity contribution in [1.29, 1.82) is 0 Å². The molecule has 0 aromatic heterocycles. The second-order valence-electron chi connectivity index (χ2n) is 4.08. The van der Waals surface area contributed by atoms with E-state index in [1.165, 1.54) is 25.1 Å². The van der Waals surface area contributed by atoms with Crippen molar-refractivity contribution in [3.05, 3.63) is 12.2 Å². The Morgan fingerprint density at radius 1 is 1.35 bits per heavy atom. The summed E-state index contributed by atoms with van der Waals surface area (Å²) in [6.45, 7) is 17.5. The maximum atomic E-state index is 5.11. The number of hydrogen-bond acceptors (Lipinski definition) is 2. The van der Waals surface area contributed by atoms with Gasteiger partial charge in [0.1, 0.15) is 0 Å². The van der Waals surface area contributed by atoms with E-state index in [0.29, 0.717) is 5.92 Å². The number of hydrogen-bond donors (Lipinski definition) is 1. The highest BCUT2D eigenvalue weighted by molar-refractivity contribution is 5.01. The summed E-state index contributed by atoms with van der Waals surface area (Å²) in [7, 11) is 1.75. The molecule has 17 heavy (non-hydrogen) atoms. The van der Waals surface area contributed by atoms with Crippen LogP contribution in [0.4, 0.5) is 0 Å². The zero-order chi connectivity index (χ0) is 13.7. The SMILES string of the molecule is C=C(CC1CCNC1)C(C)COC.CC.CC. The van der Waals surface area contributed by atoms with Gasteiger partial charge in [-0.25, -0.2) is 0 Å². The Bertz CT molecular complexity index is 162. The van der Waals surface area contributed by atoms with Crippen LogP contribution in [-0.4, -0.2) is 26.8 Å². The minimum Gasteiger partial charge on any atom is -0.384 e. The zero-order valence-electron chi connectivity index (χ0n) is 12.8. The van der Waals surface area contributed by atoms with Crippen LogP contribution in [0.3, 0.4) is 0 Å². The van der Waals surface area contributed by atoms with Crippen molar-refractivity contribution in [3.8, 4) is 0 Å². The average molecular weight is 243 g/mol.